The molecule has 1 aromatic heterocycles. The van der Waals surface area contributed by atoms with Gasteiger partial charge >= 0.3 is 0 Å². The Labute approximate surface area is 171 Å². The molecule has 1 atom stereocenters. The molecular weight excluding hydrogens is 390 g/mol. The average Bonchev–Trinajstić information content (AvgIpc) is 3.26. The fourth-order valence-corrected chi connectivity index (χ4v) is 6.25. The third-order valence-electron chi connectivity index (χ3n) is 6.13. The number of Topliss-reactive ketones (excluding diaryl/α,β-unsaturated/α-hetero) is 1. The molecule has 4 rings (SSSR count). The molecule has 2 aliphatic rings. The van der Waals surface area contributed by atoms with E-state index in [2.05, 4.69) is 4.90 Å². The molecule has 29 heavy (non-hydrogen) atoms. The number of fused-ring (bicyclic) bond motifs is 1. The molecule has 0 aliphatic carbocycles. The van der Waals surface area contributed by atoms with Crippen molar-refractivity contribution in [2.75, 3.05) is 37.7 Å². The molecular formula is C21H27N3O4S. The third-order valence-corrected chi connectivity index (χ3v) is 7.88. The second-order valence-corrected chi connectivity index (χ2v) is 10.3. The highest BCUT2D eigenvalue weighted by molar-refractivity contribution is 7.91. The number of hydrogen-bond acceptors (Lipinski definition) is 5. The maximum absolute atomic E-state index is 12.7. The Morgan fingerprint density at radius 3 is 2.48 bits per heavy atom. The van der Waals surface area contributed by atoms with Gasteiger partial charge in [-0.3, -0.25) is 14.5 Å². The first kappa shape index (κ1) is 20.1. The van der Waals surface area contributed by atoms with Crippen LogP contribution in [0, 0.1) is 0 Å². The fourth-order valence-electron chi connectivity index (χ4n) is 4.49. The van der Waals surface area contributed by atoms with Crippen molar-refractivity contribution < 1.29 is 18.0 Å². The van der Waals surface area contributed by atoms with Gasteiger partial charge in [-0.25, -0.2) is 8.42 Å². The second kappa shape index (κ2) is 7.91. The van der Waals surface area contributed by atoms with Crippen molar-refractivity contribution in [3.05, 3.63) is 36.0 Å². The third kappa shape index (κ3) is 4.23. The first-order valence-electron chi connectivity index (χ1n) is 10.1. The number of rotatable bonds is 5. The molecule has 0 radical (unpaired) electrons. The number of aromatic nitrogens is 1. The number of amides is 1. The van der Waals surface area contributed by atoms with E-state index in [0.717, 1.165) is 24.0 Å². The van der Waals surface area contributed by atoms with Gasteiger partial charge < -0.3 is 9.47 Å². The van der Waals surface area contributed by atoms with Gasteiger partial charge in [0.25, 0.3) is 0 Å². The average molecular weight is 418 g/mol. The monoisotopic (exact) mass is 417 g/mol. The molecule has 2 aromatic rings. The Balaban J connectivity index is 1.34. The van der Waals surface area contributed by atoms with Crippen LogP contribution >= 0.6 is 0 Å². The molecule has 2 aliphatic heterocycles. The minimum absolute atomic E-state index is 0.0244. The first-order chi connectivity index (χ1) is 13.8. The fraction of sp³-hybridized carbons (Fsp3) is 0.524. The predicted molar refractivity (Wildman–Crippen MR) is 112 cm³/mol. The van der Waals surface area contributed by atoms with Crippen LogP contribution in [0.4, 0.5) is 0 Å². The number of sulfone groups is 1. The van der Waals surface area contributed by atoms with Crippen LogP contribution in [-0.4, -0.2) is 78.2 Å². The number of ketones is 1. The normalized spacial score (nSPS) is 22.2. The Morgan fingerprint density at radius 2 is 1.83 bits per heavy atom. The van der Waals surface area contributed by atoms with Crippen LogP contribution in [0.2, 0.25) is 0 Å². The van der Waals surface area contributed by atoms with E-state index >= 15 is 0 Å². The standard InChI is InChI=1S/C21H27N3O4S/c1-16(25)19-14-24(20-5-3-2-4-18(19)20)8-6-21(26)23-11-9-22(10-12-23)17-7-13-29(27,28)15-17/h2-5,14,17H,6-13,15H2,1H3/t17-/m0/s1. The van der Waals surface area contributed by atoms with Gasteiger partial charge in [-0.2, -0.15) is 0 Å². The lowest BCUT2D eigenvalue weighted by atomic mass is 10.1. The maximum atomic E-state index is 12.7. The zero-order valence-corrected chi connectivity index (χ0v) is 17.5. The van der Waals surface area contributed by atoms with E-state index < -0.39 is 9.84 Å². The molecule has 2 saturated heterocycles. The van der Waals surface area contributed by atoms with E-state index in [9.17, 15) is 18.0 Å². The molecule has 1 amide bonds. The van der Waals surface area contributed by atoms with Crippen LogP contribution in [0.25, 0.3) is 10.9 Å². The lowest BCUT2D eigenvalue weighted by Gasteiger charge is -2.37. The van der Waals surface area contributed by atoms with Gasteiger partial charge in [0, 0.05) is 67.8 Å². The topological polar surface area (TPSA) is 79.7 Å². The SMILES string of the molecule is CC(=O)c1cn(CCC(=O)N2CCN([C@H]3CCS(=O)(=O)C3)CC2)c2ccccc12. The Bertz CT molecular complexity index is 1040. The highest BCUT2D eigenvalue weighted by atomic mass is 32.2. The maximum Gasteiger partial charge on any atom is 0.224 e. The smallest absolute Gasteiger partial charge is 0.224 e. The highest BCUT2D eigenvalue weighted by Gasteiger charge is 2.34. The Morgan fingerprint density at radius 1 is 1.10 bits per heavy atom. The van der Waals surface area contributed by atoms with Crippen LogP contribution in [0.1, 0.15) is 30.1 Å². The van der Waals surface area contributed by atoms with Crippen molar-refractivity contribution in [3.8, 4) is 0 Å². The van der Waals surface area contributed by atoms with E-state index in [1.807, 2.05) is 39.9 Å². The van der Waals surface area contributed by atoms with Gasteiger partial charge in [0.2, 0.25) is 5.91 Å². The first-order valence-corrected chi connectivity index (χ1v) is 12.0. The summed E-state index contributed by atoms with van der Waals surface area (Å²) in [6.07, 6.45) is 2.93. The molecule has 0 N–H and O–H groups in total. The Kier molecular flexibility index (Phi) is 5.48. The number of hydrogen-bond donors (Lipinski definition) is 0. The van der Waals surface area contributed by atoms with Gasteiger partial charge in [0.05, 0.1) is 11.5 Å². The molecule has 0 unspecified atom stereocenters. The summed E-state index contributed by atoms with van der Waals surface area (Å²) in [5, 5.41) is 0.924. The zero-order chi connectivity index (χ0) is 20.6. The number of carbonyl (C=O) groups is 2. The van der Waals surface area contributed by atoms with E-state index in [-0.39, 0.29) is 29.2 Å². The summed E-state index contributed by atoms with van der Waals surface area (Å²) in [4.78, 5) is 28.7. The number of piperazine rings is 1. The number of para-hydroxylation sites is 1. The number of carbonyl (C=O) groups excluding carboxylic acids is 2. The van der Waals surface area contributed by atoms with Gasteiger partial charge in [0.1, 0.15) is 0 Å². The quantitative estimate of drug-likeness (QED) is 0.690. The van der Waals surface area contributed by atoms with Crippen LogP contribution in [0.5, 0.6) is 0 Å². The van der Waals surface area contributed by atoms with E-state index in [1.165, 1.54) is 0 Å². The molecule has 2 fully saturated rings. The lowest BCUT2D eigenvalue weighted by Crippen LogP contribution is -2.52. The largest absolute Gasteiger partial charge is 0.346 e. The summed E-state index contributed by atoms with van der Waals surface area (Å²) in [7, 11) is -2.89. The van der Waals surface area contributed by atoms with Crippen molar-refractivity contribution in [1.82, 2.24) is 14.4 Å². The molecule has 0 saturated carbocycles. The van der Waals surface area contributed by atoms with E-state index in [4.69, 9.17) is 0 Å². The molecule has 0 bridgehead atoms. The molecule has 1 aromatic carbocycles. The number of aryl methyl sites for hydroxylation is 1. The molecule has 8 heteroatoms. The predicted octanol–water partition coefficient (Wildman–Crippen LogP) is 1.57. The molecule has 7 nitrogen and oxygen atoms in total. The molecule has 156 valence electrons. The van der Waals surface area contributed by atoms with Crippen molar-refractivity contribution in [2.24, 2.45) is 0 Å². The lowest BCUT2D eigenvalue weighted by molar-refractivity contribution is -0.133. The highest BCUT2D eigenvalue weighted by Crippen LogP contribution is 2.23. The van der Waals surface area contributed by atoms with E-state index in [0.29, 0.717) is 38.0 Å². The summed E-state index contributed by atoms with van der Waals surface area (Å²) >= 11 is 0. The summed E-state index contributed by atoms with van der Waals surface area (Å²) in [6.45, 7) is 4.83. The molecule has 0 spiro atoms. The van der Waals surface area contributed by atoms with Gasteiger partial charge in [-0.05, 0) is 19.4 Å². The van der Waals surface area contributed by atoms with Crippen LogP contribution in [0.3, 0.4) is 0 Å². The zero-order valence-electron chi connectivity index (χ0n) is 16.7. The number of nitrogens with zero attached hydrogens (tertiary/aromatic N) is 3. The van der Waals surface area contributed by atoms with Crippen LogP contribution in [-0.2, 0) is 21.2 Å². The van der Waals surface area contributed by atoms with Crippen LogP contribution in [0.15, 0.2) is 30.5 Å². The van der Waals surface area contributed by atoms with Crippen molar-refractivity contribution in [3.63, 3.8) is 0 Å². The summed E-state index contributed by atoms with van der Waals surface area (Å²) in [6, 6.07) is 7.87. The minimum atomic E-state index is -2.89. The molecule has 3 heterocycles. The van der Waals surface area contributed by atoms with Gasteiger partial charge in [0.15, 0.2) is 15.6 Å². The van der Waals surface area contributed by atoms with Crippen LogP contribution < -0.4 is 0 Å². The summed E-state index contributed by atoms with van der Waals surface area (Å²) in [5.41, 5.74) is 1.66. The van der Waals surface area contributed by atoms with Gasteiger partial charge in [-0.15, -0.1) is 0 Å². The second-order valence-electron chi connectivity index (χ2n) is 8.03. The minimum Gasteiger partial charge on any atom is -0.346 e. The number of benzene rings is 1. The Hall–Kier alpha value is -2.19. The summed E-state index contributed by atoms with van der Waals surface area (Å²) < 4.78 is 25.4. The van der Waals surface area contributed by atoms with Crippen molar-refractivity contribution in [2.45, 2.75) is 32.4 Å². The van der Waals surface area contributed by atoms with E-state index in [1.54, 1.807) is 6.92 Å². The van der Waals surface area contributed by atoms with Crippen molar-refractivity contribution in [1.29, 1.82) is 0 Å². The van der Waals surface area contributed by atoms with Crippen molar-refractivity contribution >= 4 is 32.4 Å². The summed E-state index contributed by atoms with van der Waals surface area (Å²) in [5.74, 6) is 0.659. The van der Waals surface area contributed by atoms with Gasteiger partial charge in [-0.1, -0.05) is 18.2 Å².